The number of fused-ring (bicyclic) bond motifs is 3. The van der Waals surface area contributed by atoms with Crippen LogP contribution in [0.5, 0.6) is 11.5 Å². The maximum atomic E-state index is 14.9. The van der Waals surface area contributed by atoms with Gasteiger partial charge in [0.1, 0.15) is 37.4 Å². The van der Waals surface area contributed by atoms with Crippen LogP contribution in [-0.2, 0) is 34.1 Å². The van der Waals surface area contributed by atoms with Gasteiger partial charge in [-0.3, -0.25) is 20.0 Å². The van der Waals surface area contributed by atoms with Gasteiger partial charge in [-0.15, -0.1) is 18.2 Å². The van der Waals surface area contributed by atoms with Crippen LogP contribution < -0.4 is 9.47 Å². The Morgan fingerprint density at radius 3 is 2.51 bits per heavy atom. The van der Waals surface area contributed by atoms with Gasteiger partial charge >= 0.3 is 6.09 Å². The van der Waals surface area contributed by atoms with E-state index in [4.69, 9.17) is 40.5 Å². The molecule has 368 valence electrons. The standard InChI is InChI=1S/C55H61ClN4O10/c1-3-29-68-55-51(59(54(63)66-30-26-56)34-41-16-11-15-39-13-4-5-18-45(39)41)33-49(58-69-35-38-20-22-43(23-21-38)60(64)65)47-31-40(14-6-8-27-61)46(19-7-9-28-62)52(53(47)55)48-32-44(24-25-50(48)70-55)67-36-42-17-10-12-37(2)57-42/h3-5,10-13,15-18,20-25,31-32,40,46,51-53,61-62H,1,6-9,14,19,26-30,33-36H2,2H3/t40-,46+,51-,52+,53+,55+/m0/s1. The molecule has 6 atom stereocenters. The van der Waals surface area contributed by atoms with Gasteiger partial charge in [0.2, 0.25) is 5.79 Å². The Balaban J connectivity index is 1.33. The molecule has 0 radical (unpaired) electrons. The molecule has 1 aromatic heterocycles. The van der Waals surface area contributed by atoms with Crippen molar-refractivity contribution in [2.45, 2.75) is 89.4 Å². The number of carbonyl (C=O) groups is 1. The summed E-state index contributed by atoms with van der Waals surface area (Å²) in [5.41, 5.74) is 5.53. The molecule has 2 N–H and O–H groups in total. The van der Waals surface area contributed by atoms with Gasteiger partial charge in [-0.1, -0.05) is 78.7 Å². The van der Waals surface area contributed by atoms with Crippen LogP contribution in [0.15, 0.2) is 133 Å². The Bertz CT molecular complexity index is 2670. The molecule has 5 aromatic rings. The Morgan fingerprint density at radius 1 is 0.986 bits per heavy atom. The predicted octanol–water partition coefficient (Wildman–Crippen LogP) is 10.7. The molecule has 14 nitrogen and oxygen atoms in total. The van der Waals surface area contributed by atoms with E-state index in [1.807, 2.05) is 85.8 Å². The average Bonchev–Trinajstić information content (AvgIpc) is 3.37. The van der Waals surface area contributed by atoms with Gasteiger partial charge in [0.05, 0.1) is 41.3 Å². The SMILES string of the molecule is C=CCO[C@@]12Oc3ccc(OCc4cccc(C)n4)cc3[C@H]3[C@H](CCCCO)[C@@H](CCCCO)C=C(C(=NOCc4ccc([N+](=O)[O-])cc4)C[C@@H]1N(Cc1cccc4ccccc14)C(=O)OCCCl)[C@H]32. The van der Waals surface area contributed by atoms with Crippen molar-refractivity contribution in [1.82, 2.24) is 9.88 Å². The quantitative estimate of drug-likeness (QED) is 0.0209. The lowest BCUT2D eigenvalue weighted by Gasteiger charge is -2.59. The molecule has 2 aliphatic carbocycles. The number of nitrogens with zero attached hydrogens (tertiary/aromatic N) is 4. The number of nitro groups is 1. The van der Waals surface area contributed by atoms with Gasteiger partial charge in [-0.2, -0.15) is 0 Å². The number of ether oxygens (including phenoxy) is 4. The largest absolute Gasteiger partial charge is 0.487 e. The molecule has 8 rings (SSSR count). The minimum atomic E-state index is -1.56. The summed E-state index contributed by atoms with van der Waals surface area (Å²) < 4.78 is 27.1. The summed E-state index contributed by atoms with van der Waals surface area (Å²) >= 11 is 6.19. The molecule has 0 bridgehead atoms. The maximum absolute atomic E-state index is 14.9. The van der Waals surface area contributed by atoms with Crippen molar-refractivity contribution in [2.24, 2.45) is 22.9 Å². The fraction of sp³-hybridized carbons (Fsp3) is 0.400. The number of rotatable bonds is 23. The van der Waals surface area contributed by atoms with E-state index in [1.165, 1.54) is 12.1 Å². The second kappa shape index (κ2) is 23.5. The number of carbonyl (C=O) groups excluding carboxylic acids is 1. The maximum Gasteiger partial charge on any atom is 0.410 e. The van der Waals surface area contributed by atoms with Gasteiger partial charge in [0.25, 0.3) is 5.69 Å². The number of allylic oxidation sites excluding steroid dienone is 1. The van der Waals surface area contributed by atoms with Gasteiger partial charge in [0, 0.05) is 48.9 Å². The van der Waals surface area contributed by atoms with Crippen molar-refractivity contribution in [2.75, 3.05) is 32.3 Å². The monoisotopic (exact) mass is 972 g/mol. The number of aliphatic hydroxyl groups excluding tert-OH is 2. The zero-order chi connectivity index (χ0) is 49.0. The highest BCUT2D eigenvalue weighted by atomic mass is 35.5. The molecule has 15 heteroatoms. The van der Waals surface area contributed by atoms with Crippen LogP contribution in [0.4, 0.5) is 10.5 Å². The van der Waals surface area contributed by atoms with Crippen LogP contribution in [0.1, 0.15) is 78.9 Å². The van der Waals surface area contributed by atoms with Crippen LogP contribution in [0.3, 0.4) is 0 Å². The van der Waals surface area contributed by atoms with E-state index in [9.17, 15) is 25.1 Å². The van der Waals surface area contributed by atoms with E-state index in [0.717, 1.165) is 64.5 Å². The molecule has 0 spiro atoms. The van der Waals surface area contributed by atoms with Crippen molar-refractivity contribution in [3.8, 4) is 11.5 Å². The van der Waals surface area contributed by atoms with Gasteiger partial charge < -0.3 is 34.0 Å². The number of pyridine rings is 1. The van der Waals surface area contributed by atoms with Crippen LogP contribution in [0.2, 0.25) is 0 Å². The number of unbranched alkanes of at least 4 members (excludes halogenated alkanes) is 2. The number of aryl methyl sites for hydroxylation is 1. The summed E-state index contributed by atoms with van der Waals surface area (Å²) in [6, 6.07) is 31.0. The van der Waals surface area contributed by atoms with Crippen molar-refractivity contribution >= 4 is 39.9 Å². The van der Waals surface area contributed by atoms with Gasteiger partial charge in [0.15, 0.2) is 0 Å². The third-order valence-electron chi connectivity index (χ3n) is 13.7. The number of halogens is 1. The fourth-order valence-electron chi connectivity index (χ4n) is 10.6. The second-order valence-corrected chi connectivity index (χ2v) is 18.5. The number of hydrogen-bond donors (Lipinski definition) is 2. The molecule has 1 fully saturated rings. The van der Waals surface area contributed by atoms with Gasteiger partial charge in [-0.05, 0) is 114 Å². The Labute approximate surface area is 413 Å². The average molecular weight is 974 g/mol. The molecule has 4 aromatic carbocycles. The number of nitro benzene ring substituents is 1. The lowest BCUT2D eigenvalue weighted by atomic mass is 9.55. The zero-order valence-electron chi connectivity index (χ0n) is 39.5. The molecule has 0 unspecified atom stereocenters. The number of oxime groups is 1. The van der Waals surface area contributed by atoms with E-state index in [-0.39, 0.29) is 81.9 Å². The third-order valence-corrected chi connectivity index (χ3v) is 13.8. The predicted molar refractivity (Wildman–Crippen MR) is 268 cm³/mol. The smallest absolute Gasteiger partial charge is 0.410 e. The fourth-order valence-corrected chi connectivity index (χ4v) is 10.7. The number of aliphatic hydroxyl groups is 2. The second-order valence-electron chi connectivity index (χ2n) is 18.1. The molecule has 2 heterocycles. The first kappa shape index (κ1) is 50.1. The topological polar surface area (TPSA) is 175 Å². The number of amides is 1. The lowest BCUT2D eigenvalue weighted by Crippen LogP contribution is -2.70. The molecule has 0 saturated heterocycles. The van der Waals surface area contributed by atoms with Crippen molar-refractivity contribution in [3.63, 3.8) is 0 Å². The number of alkyl halides is 1. The highest BCUT2D eigenvalue weighted by molar-refractivity contribution is 6.18. The molecule has 1 amide bonds. The molecule has 1 saturated carbocycles. The normalized spacial score (nSPS) is 21.7. The van der Waals surface area contributed by atoms with E-state index in [0.29, 0.717) is 35.6 Å². The number of benzene rings is 4. The Morgan fingerprint density at radius 2 is 1.76 bits per heavy atom. The van der Waals surface area contributed by atoms with E-state index < -0.39 is 28.8 Å². The summed E-state index contributed by atoms with van der Waals surface area (Å²) in [4.78, 5) is 38.5. The summed E-state index contributed by atoms with van der Waals surface area (Å²) in [5.74, 6) is -1.22. The minimum Gasteiger partial charge on any atom is -0.487 e. The first-order chi connectivity index (χ1) is 34.2. The molecular formula is C55H61ClN4O10. The minimum absolute atomic E-state index is 0.0116. The van der Waals surface area contributed by atoms with E-state index >= 15 is 0 Å². The van der Waals surface area contributed by atoms with Gasteiger partial charge in [-0.25, -0.2) is 4.79 Å². The molecule has 3 aliphatic rings. The summed E-state index contributed by atoms with van der Waals surface area (Å²) in [6.45, 7) is 6.52. The highest BCUT2D eigenvalue weighted by Gasteiger charge is 2.65. The Kier molecular flexibility index (Phi) is 16.8. The summed E-state index contributed by atoms with van der Waals surface area (Å²) in [5, 5.41) is 38.5. The molecule has 70 heavy (non-hydrogen) atoms. The number of hydrogen-bond acceptors (Lipinski definition) is 12. The summed E-state index contributed by atoms with van der Waals surface area (Å²) in [7, 11) is 0. The summed E-state index contributed by atoms with van der Waals surface area (Å²) in [6.07, 6.45) is 7.72. The third kappa shape index (κ3) is 11.2. The van der Waals surface area contributed by atoms with Crippen molar-refractivity contribution in [3.05, 3.63) is 166 Å². The molecule has 1 aliphatic heterocycles. The van der Waals surface area contributed by atoms with Crippen molar-refractivity contribution < 1.29 is 43.7 Å². The van der Waals surface area contributed by atoms with Crippen LogP contribution in [-0.4, -0.2) is 81.0 Å². The van der Waals surface area contributed by atoms with Crippen LogP contribution in [0, 0.1) is 34.8 Å². The van der Waals surface area contributed by atoms with Crippen LogP contribution >= 0.6 is 11.6 Å². The Hall–Kier alpha value is -6.32. The van der Waals surface area contributed by atoms with E-state index in [1.54, 1.807) is 23.1 Å². The number of aromatic nitrogens is 1. The first-order valence-corrected chi connectivity index (χ1v) is 24.7. The van der Waals surface area contributed by atoms with Crippen LogP contribution in [0.25, 0.3) is 10.8 Å². The number of non-ortho nitro benzene ring substituents is 1. The van der Waals surface area contributed by atoms with E-state index in [2.05, 4.69) is 17.6 Å². The molecular weight excluding hydrogens is 912 g/mol. The van der Waals surface area contributed by atoms with Crippen molar-refractivity contribution in [1.29, 1.82) is 0 Å². The highest BCUT2D eigenvalue weighted by Crippen LogP contribution is 2.62. The first-order valence-electron chi connectivity index (χ1n) is 24.1. The lowest BCUT2D eigenvalue weighted by molar-refractivity contribution is -0.384. The zero-order valence-corrected chi connectivity index (χ0v) is 40.3.